The largest absolute Gasteiger partial charge is 0.486 e. The summed E-state index contributed by atoms with van der Waals surface area (Å²) < 4.78 is 51.9. The number of nitrogens with zero attached hydrogens (tertiary/aromatic N) is 3. The van der Waals surface area contributed by atoms with Gasteiger partial charge < -0.3 is 14.4 Å². The van der Waals surface area contributed by atoms with E-state index >= 15 is 0 Å². The van der Waals surface area contributed by atoms with E-state index in [0.29, 0.717) is 28.1 Å². The van der Waals surface area contributed by atoms with Crippen molar-refractivity contribution in [3.63, 3.8) is 0 Å². The number of aromatic nitrogens is 3. The summed E-state index contributed by atoms with van der Waals surface area (Å²) in [6.07, 6.45) is 7.17. The Morgan fingerprint density at radius 1 is 0.923 bits per heavy atom. The molecule has 0 saturated heterocycles. The van der Waals surface area contributed by atoms with Crippen LogP contribution in [0.25, 0.3) is 44.6 Å². The third-order valence-corrected chi connectivity index (χ3v) is 6.70. The number of furan rings is 1. The summed E-state index contributed by atoms with van der Waals surface area (Å²) in [7, 11) is 0. The molecule has 0 unspecified atom stereocenters. The van der Waals surface area contributed by atoms with E-state index in [1.54, 1.807) is 24.5 Å². The minimum Gasteiger partial charge on any atom is -0.486 e. The summed E-state index contributed by atoms with van der Waals surface area (Å²) in [6, 6.07) is 28.3. The van der Waals surface area contributed by atoms with Crippen molar-refractivity contribution in [2.75, 3.05) is 0 Å². The summed E-state index contributed by atoms with van der Waals surface area (Å²) in [6.45, 7) is -3.26. The molecule has 0 bridgehead atoms. The van der Waals surface area contributed by atoms with E-state index in [9.17, 15) is 0 Å². The average Bonchev–Trinajstić information content (AvgIpc) is 3.65. The molecule has 1 radical (unpaired) electrons. The third kappa shape index (κ3) is 5.85. The quantitative estimate of drug-likeness (QED) is 0.174. The van der Waals surface area contributed by atoms with Crippen LogP contribution in [0.3, 0.4) is 0 Å². The Morgan fingerprint density at radius 3 is 2.62 bits per heavy atom. The molecule has 4 aromatic heterocycles. The molecular formula is C34H29IrN3O-2. The maximum absolute atomic E-state index is 8.79. The third-order valence-electron chi connectivity index (χ3n) is 6.70. The molecule has 1 aliphatic rings. The predicted molar refractivity (Wildman–Crippen MR) is 153 cm³/mol. The van der Waals surface area contributed by atoms with Gasteiger partial charge in [-0.05, 0) is 67.6 Å². The van der Waals surface area contributed by atoms with Crippen molar-refractivity contribution < 1.29 is 32.7 Å². The number of aryl methyl sites for hydroxylation is 2. The van der Waals surface area contributed by atoms with Gasteiger partial charge in [0.25, 0.3) is 0 Å². The topological polar surface area (TPSA) is 51.8 Å². The van der Waals surface area contributed by atoms with Gasteiger partial charge in [0.05, 0.1) is 5.58 Å². The van der Waals surface area contributed by atoms with Gasteiger partial charge in [0.2, 0.25) is 5.71 Å². The normalized spacial score (nSPS) is 16.6. The fourth-order valence-electron chi connectivity index (χ4n) is 4.81. The first-order valence-electron chi connectivity index (χ1n) is 15.8. The molecular weight excluding hydrogens is 659 g/mol. The fourth-order valence-corrected chi connectivity index (χ4v) is 4.81. The van der Waals surface area contributed by atoms with Crippen LogP contribution in [0, 0.1) is 25.9 Å². The molecule has 4 nitrogen and oxygen atoms in total. The summed E-state index contributed by atoms with van der Waals surface area (Å²) in [4.78, 5) is 12.9. The van der Waals surface area contributed by atoms with Gasteiger partial charge in [-0.25, -0.2) is 4.98 Å². The zero-order valence-corrected chi connectivity index (χ0v) is 23.5. The van der Waals surface area contributed by atoms with Crippen LogP contribution in [0.5, 0.6) is 0 Å². The van der Waals surface area contributed by atoms with E-state index in [1.807, 2.05) is 54.6 Å². The van der Waals surface area contributed by atoms with Crippen LogP contribution in [0.15, 0.2) is 89.6 Å². The molecule has 0 aliphatic heterocycles. The molecule has 1 fully saturated rings. The Hall–Kier alpha value is -3.66. The Kier molecular flexibility index (Phi) is 6.25. The molecule has 0 spiro atoms. The molecule has 2 aromatic carbocycles. The van der Waals surface area contributed by atoms with E-state index in [4.69, 9.17) is 12.6 Å². The predicted octanol–water partition coefficient (Wildman–Crippen LogP) is 8.66. The molecule has 1 aliphatic carbocycles. The molecule has 4 heterocycles. The molecule has 6 aromatic rings. The average molecular weight is 694 g/mol. The molecule has 0 atom stereocenters. The van der Waals surface area contributed by atoms with Crippen LogP contribution >= 0.6 is 0 Å². The van der Waals surface area contributed by atoms with Crippen LogP contribution in [0.1, 0.15) is 56.6 Å². The molecule has 197 valence electrons. The van der Waals surface area contributed by atoms with Crippen molar-refractivity contribution >= 4 is 22.1 Å². The van der Waals surface area contributed by atoms with Crippen molar-refractivity contribution in [1.82, 2.24) is 15.0 Å². The fraction of sp³-hybridized carbons (Fsp3) is 0.206. The second-order valence-corrected chi connectivity index (χ2v) is 9.24. The van der Waals surface area contributed by atoms with Gasteiger partial charge in [0, 0.05) is 51.8 Å². The Bertz CT molecular complexity index is 1900. The summed E-state index contributed by atoms with van der Waals surface area (Å²) in [5, 5.41) is 1.60. The summed E-state index contributed by atoms with van der Waals surface area (Å²) in [5.74, 6) is -0.560. The van der Waals surface area contributed by atoms with E-state index < -0.39 is 19.6 Å². The summed E-state index contributed by atoms with van der Waals surface area (Å²) >= 11 is 0. The van der Waals surface area contributed by atoms with Crippen molar-refractivity contribution in [1.29, 1.82) is 0 Å². The van der Waals surface area contributed by atoms with Crippen LogP contribution < -0.4 is 0 Å². The van der Waals surface area contributed by atoms with E-state index in [2.05, 4.69) is 27.1 Å². The maximum Gasteiger partial charge on any atom is 0.216 e. The first kappa shape index (κ1) is 20.3. The van der Waals surface area contributed by atoms with Gasteiger partial charge >= 0.3 is 0 Å². The Labute approximate surface area is 251 Å². The molecule has 0 amide bonds. The minimum atomic E-state index is -2.29. The van der Waals surface area contributed by atoms with Crippen molar-refractivity contribution in [3.05, 3.63) is 114 Å². The standard InChI is InChI=1S/C22H19N2O.C12H10N.Ir/c1-14-9-10-18-17-7-4-8-19(21(17)25-22(18)24-14)20-13-16(11-12-23-20)15-5-2-3-6-15;1-10-7-8-12(13-9-10)11-5-3-2-4-6-11;/h4,7,9-13,15H,2-3,5-6H2,1H3;2-5,7-9H,1H3;/q2*-1;/i1D3,15D;1D2;. The second kappa shape index (κ2) is 12.0. The SMILES string of the molecule is [2H]C([2H])([2H])c1ccc2c(n1)oc1c(-c3cc(C4([2H])CCCC4)ccn3)[c-]ccc12.[2H]C([2H])c1ccc(-c2[c-]cccc2)nc1.[Ir]. The Morgan fingerprint density at radius 2 is 1.85 bits per heavy atom. The van der Waals surface area contributed by atoms with Gasteiger partial charge in [0.15, 0.2) is 0 Å². The Balaban J connectivity index is 0.000000212. The molecule has 5 heteroatoms. The minimum absolute atomic E-state index is 0. The smallest absolute Gasteiger partial charge is 0.216 e. The number of benzene rings is 2. The van der Waals surface area contributed by atoms with Crippen molar-refractivity contribution in [2.24, 2.45) is 0 Å². The first-order valence-corrected chi connectivity index (χ1v) is 12.6. The zero-order chi connectivity index (χ0) is 30.9. The number of hydrogen-bond acceptors (Lipinski definition) is 4. The van der Waals surface area contributed by atoms with E-state index in [-0.39, 0.29) is 25.8 Å². The summed E-state index contributed by atoms with van der Waals surface area (Å²) in [5.41, 5.74) is 5.58. The second-order valence-electron chi connectivity index (χ2n) is 9.24. The van der Waals surface area contributed by atoms with Crippen LogP contribution in [-0.2, 0) is 20.1 Å². The van der Waals surface area contributed by atoms with Gasteiger partial charge in [-0.2, -0.15) is 0 Å². The molecule has 39 heavy (non-hydrogen) atoms. The number of pyridine rings is 3. The van der Waals surface area contributed by atoms with Gasteiger partial charge in [-0.3, -0.25) is 0 Å². The van der Waals surface area contributed by atoms with Gasteiger partial charge in [0.1, 0.15) is 0 Å². The number of rotatable bonds is 3. The molecule has 1 saturated carbocycles. The van der Waals surface area contributed by atoms with Crippen LogP contribution in [-0.4, -0.2) is 15.0 Å². The molecule has 7 rings (SSSR count). The van der Waals surface area contributed by atoms with E-state index in [0.717, 1.165) is 53.3 Å². The van der Waals surface area contributed by atoms with Crippen molar-refractivity contribution in [2.45, 2.75) is 45.3 Å². The van der Waals surface area contributed by atoms with Crippen LogP contribution in [0.4, 0.5) is 0 Å². The van der Waals surface area contributed by atoms with Crippen LogP contribution in [0.2, 0.25) is 0 Å². The van der Waals surface area contributed by atoms with Crippen molar-refractivity contribution in [3.8, 4) is 22.5 Å². The molecule has 0 N–H and O–H groups in total. The number of fused-ring (bicyclic) bond motifs is 3. The first-order chi connectivity index (χ1) is 21.1. The van der Waals surface area contributed by atoms with Gasteiger partial charge in [-0.1, -0.05) is 47.6 Å². The zero-order valence-electron chi connectivity index (χ0n) is 27.1. The maximum atomic E-state index is 8.79. The van der Waals surface area contributed by atoms with E-state index in [1.165, 1.54) is 6.07 Å². The number of hydrogen-bond donors (Lipinski definition) is 0. The monoisotopic (exact) mass is 694 g/mol. The van der Waals surface area contributed by atoms with Gasteiger partial charge in [-0.15, -0.1) is 54.1 Å².